The van der Waals surface area contributed by atoms with Gasteiger partial charge in [-0.15, -0.1) is 0 Å². The van der Waals surface area contributed by atoms with E-state index in [1.807, 2.05) is 4.90 Å². The number of nitrogens with zero attached hydrogens (tertiary/aromatic N) is 2. The minimum Gasteiger partial charge on any atom is -0.367 e. The molecule has 0 spiro atoms. The summed E-state index contributed by atoms with van der Waals surface area (Å²) in [6, 6.07) is 3.63. The summed E-state index contributed by atoms with van der Waals surface area (Å²) >= 11 is 0. The van der Waals surface area contributed by atoms with Gasteiger partial charge in [0.15, 0.2) is 5.96 Å². The monoisotopic (exact) mass is 389 g/mol. The molecule has 1 heterocycles. The Hall–Kier alpha value is -1.94. The highest BCUT2D eigenvalue weighted by Crippen LogP contribution is 2.24. The Labute approximate surface area is 152 Å². The molecule has 7 nitrogen and oxygen atoms in total. The summed E-state index contributed by atoms with van der Waals surface area (Å²) in [6.07, 6.45) is 0.778. The van der Waals surface area contributed by atoms with Crippen molar-refractivity contribution in [2.24, 2.45) is 4.99 Å². The average Bonchev–Trinajstić information content (AvgIpc) is 3.05. The van der Waals surface area contributed by atoms with Crippen LogP contribution in [0.1, 0.15) is 13.3 Å². The zero-order chi connectivity index (χ0) is 19.2. The predicted octanol–water partition coefficient (Wildman–Crippen LogP) is 0.648. The van der Waals surface area contributed by atoms with Gasteiger partial charge < -0.3 is 15.5 Å². The van der Waals surface area contributed by atoms with Crippen molar-refractivity contribution in [3.8, 4) is 0 Å². The lowest BCUT2D eigenvalue weighted by atomic mass is 10.2. The van der Waals surface area contributed by atoms with Crippen LogP contribution in [0.3, 0.4) is 0 Å². The number of benzene rings is 1. The smallest absolute Gasteiger partial charge is 0.211 e. The number of rotatable bonds is 7. The van der Waals surface area contributed by atoms with Crippen LogP contribution >= 0.6 is 0 Å². The number of sulfonamides is 1. The van der Waals surface area contributed by atoms with Crippen LogP contribution in [0.2, 0.25) is 0 Å². The first-order valence-corrected chi connectivity index (χ1v) is 10.1. The Morgan fingerprint density at radius 2 is 2.12 bits per heavy atom. The molecule has 3 N–H and O–H groups in total. The van der Waals surface area contributed by atoms with Gasteiger partial charge in [-0.3, -0.25) is 4.99 Å². The van der Waals surface area contributed by atoms with Crippen molar-refractivity contribution in [3.63, 3.8) is 0 Å². The van der Waals surface area contributed by atoms with Gasteiger partial charge in [0.1, 0.15) is 11.6 Å². The van der Waals surface area contributed by atoms with Crippen LogP contribution in [0.4, 0.5) is 14.5 Å². The maximum absolute atomic E-state index is 13.9. The topological polar surface area (TPSA) is 85.8 Å². The van der Waals surface area contributed by atoms with E-state index in [0.29, 0.717) is 31.3 Å². The molecule has 1 aromatic carbocycles. The first-order chi connectivity index (χ1) is 12.3. The number of halogens is 2. The van der Waals surface area contributed by atoms with Gasteiger partial charge in [0.05, 0.1) is 11.4 Å². The molecule has 0 saturated carbocycles. The molecular weight excluding hydrogens is 364 g/mol. The van der Waals surface area contributed by atoms with E-state index < -0.39 is 21.7 Å². The molecule has 0 bridgehead atoms. The summed E-state index contributed by atoms with van der Waals surface area (Å²) in [4.78, 5) is 5.96. The standard InChI is InChI=1S/C16H25F2N5O2S/c1-3-26(24,25)21-8-7-20-16(19-2)22-13-6-9-23(11-13)15-5-4-12(17)10-14(15)18/h4-5,10,13,21H,3,6-9,11H2,1-2H3,(H2,19,20,22). The quantitative estimate of drug-likeness (QED) is 0.362. The summed E-state index contributed by atoms with van der Waals surface area (Å²) < 4.78 is 52.1. The molecule has 1 atom stereocenters. The van der Waals surface area contributed by atoms with E-state index in [1.165, 1.54) is 12.1 Å². The molecule has 0 aliphatic carbocycles. The second-order valence-electron chi connectivity index (χ2n) is 5.97. The fourth-order valence-electron chi connectivity index (χ4n) is 2.71. The third-order valence-electron chi connectivity index (χ3n) is 4.12. The van der Waals surface area contributed by atoms with Crippen molar-refractivity contribution >= 4 is 21.7 Å². The molecule has 1 aliphatic rings. The van der Waals surface area contributed by atoms with Crippen molar-refractivity contribution in [3.05, 3.63) is 29.8 Å². The van der Waals surface area contributed by atoms with E-state index in [1.54, 1.807) is 14.0 Å². The molecule has 0 aromatic heterocycles. The van der Waals surface area contributed by atoms with Gasteiger partial charge >= 0.3 is 0 Å². The minimum atomic E-state index is -3.21. The van der Waals surface area contributed by atoms with Crippen molar-refractivity contribution in [2.45, 2.75) is 19.4 Å². The number of aliphatic imine (C=N–C) groups is 1. The Morgan fingerprint density at radius 3 is 2.77 bits per heavy atom. The Morgan fingerprint density at radius 1 is 1.35 bits per heavy atom. The second-order valence-corrected chi connectivity index (χ2v) is 8.06. The molecule has 26 heavy (non-hydrogen) atoms. The average molecular weight is 389 g/mol. The van der Waals surface area contributed by atoms with E-state index in [-0.39, 0.29) is 18.3 Å². The lowest BCUT2D eigenvalue weighted by Crippen LogP contribution is -2.46. The zero-order valence-electron chi connectivity index (χ0n) is 14.9. The zero-order valence-corrected chi connectivity index (χ0v) is 15.7. The van der Waals surface area contributed by atoms with Crippen molar-refractivity contribution < 1.29 is 17.2 Å². The van der Waals surface area contributed by atoms with Gasteiger partial charge in [0.2, 0.25) is 10.0 Å². The number of anilines is 1. The highest BCUT2D eigenvalue weighted by Gasteiger charge is 2.25. The molecule has 146 valence electrons. The Balaban J connectivity index is 1.81. The van der Waals surface area contributed by atoms with E-state index in [4.69, 9.17) is 0 Å². The molecule has 10 heteroatoms. The molecule has 1 aromatic rings. The van der Waals surface area contributed by atoms with Crippen LogP contribution in [-0.2, 0) is 10.0 Å². The van der Waals surface area contributed by atoms with Crippen LogP contribution < -0.4 is 20.3 Å². The third-order valence-corrected chi connectivity index (χ3v) is 5.53. The molecule has 1 aliphatic heterocycles. The summed E-state index contributed by atoms with van der Waals surface area (Å²) in [6.45, 7) is 3.43. The van der Waals surface area contributed by atoms with Gasteiger partial charge in [-0.1, -0.05) is 0 Å². The number of hydrogen-bond donors (Lipinski definition) is 3. The molecular formula is C16H25F2N5O2S. The first-order valence-electron chi connectivity index (χ1n) is 8.49. The lowest BCUT2D eigenvalue weighted by molar-refractivity contribution is 0.578. The van der Waals surface area contributed by atoms with Gasteiger partial charge in [-0.25, -0.2) is 21.9 Å². The highest BCUT2D eigenvalue weighted by atomic mass is 32.2. The van der Waals surface area contributed by atoms with Gasteiger partial charge in [0.25, 0.3) is 0 Å². The third kappa shape index (κ3) is 5.80. The maximum atomic E-state index is 13.9. The van der Waals surface area contributed by atoms with Gasteiger partial charge in [-0.2, -0.15) is 0 Å². The van der Waals surface area contributed by atoms with Crippen molar-refractivity contribution in [2.75, 3.05) is 43.9 Å². The van der Waals surface area contributed by atoms with E-state index >= 15 is 0 Å². The van der Waals surface area contributed by atoms with Crippen LogP contribution in [0, 0.1) is 11.6 Å². The minimum absolute atomic E-state index is 0.0395. The number of nitrogens with one attached hydrogen (secondary N) is 3. The molecule has 1 fully saturated rings. The summed E-state index contributed by atoms with van der Waals surface area (Å²) in [7, 11) is -1.59. The maximum Gasteiger partial charge on any atom is 0.211 e. The van der Waals surface area contributed by atoms with Crippen LogP contribution in [0.15, 0.2) is 23.2 Å². The summed E-state index contributed by atoms with van der Waals surface area (Å²) in [5.74, 6) is -0.579. The fourth-order valence-corrected chi connectivity index (χ4v) is 3.33. The van der Waals surface area contributed by atoms with E-state index in [9.17, 15) is 17.2 Å². The summed E-state index contributed by atoms with van der Waals surface area (Å²) in [5.41, 5.74) is 0.382. The molecule has 0 radical (unpaired) electrons. The van der Waals surface area contributed by atoms with E-state index in [0.717, 1.165) is 12.5 Å². The summed E-state index contributed by atoms with van der Waals surface area (Å²) in [5, 5.41) is 6.27. The first kappa shape index (κ1) is 20.4. The van der Waals surface area contributed by atoms with Gasteiger partial charge in [-0.05, 0) is 25.5 Å². The Bertz CT molecular complexity index is 742. The predicted molar refractivity (Wildman–Crippen MR) is 98.9 cm³/mol. The highest BCUT2D eigenvalue weighted by molar-refractivity contribution is 7.89. The molecule has 2 rings (SSSR count). The SMILES string of the molecule is CCS(=O)(=O)NCCNC(=NC)NC1CCN(c2ccc(F)cc2F)C1. The van der Waals surface area contributed by atoms with Crippen molar-refractivity contribution in [1.29, 1.82) is 0 Å². The van der Waals surface area contributed by atoms with Crippen LogP contribution in [0.5, 0.6) is 0 Å². The van der Waals surface area contributed by atoms with Gasteiger partial charge in [0, 0.05) is 45.3 Å². The van der Waals surface area contributed by atoms with E-state index in [2.05, 4.69) is 20.3 Å². The molecule has 1 unspecified atom stereocenters. The second kappa shape index (κ2) is 9.13. The number of guanidine groups is 1. The molecule has 0 amide bonds. The lowest BCUT2D eigenvalue weighted by Gasteiger charge is -2.21. The Kier molecular flexibility index (Phi) is 7.15. The number of hydrogen-bond acceptors (Lipinski definition) is 4. The largest absolute Gasteiger partial charge is 0.367 e. The fraction of sp³-hybridized carbons (Fsp3) is 0.562. The van der Waals surface area contributed by atoms with Crippen LogP contribution in [-0.4, -0.2) is 59.4 Å². The van der Waals surface area contributed by atoms with Crippen LogP contribution in [0.25, 0.3) is 0 Å². The molecule has 1 saturated heterocycles. The van der Waals surface area contributed by atoms with Crippen molar-refractivity contribution in [1.82, 2.24) is 15.4 Å². The normalized spacial score (nSPS) is 18.2.